The summed E-state index contributed by atoms with van der Waals surface area (Å²) in [7, 11) is 1.49. The van der Waals surface area contributed by atoms with E-state index in [1.54, 1.807) is 25.1 Å². The van der Waals surface area contributed by atoms with Gasteiger partial charge >= 0.3 is 6.01 Å². The first-order valence-corrected chi connectivity index (χ1v) is 17.8. The number of piperidine rings is 1. The van der Waals surface area contributed by atoms with Gasteiger partial charge in [-0.15, -0.1) is 6.42 Å². The van der Waals surface area contributed by atoms with Gasteiger partial charge in [-0.05, 0) is 82.0 Å². The SMILES string of the molecule is C#Cc1c(F)ccc2cc(OCOC)cc(C(=O)c3nc4nc(OC[C@@]56CCCN5C[C@H](F)C6)nc(N5CCC[C@@](C)(O)C5)c4n3C3CCC3)c12. The van der Waals surface area contributed by atoms with Crippen molar-refractivity contribution in [2.24, 2.45) is 0 Å². The number of terminal acetylenes is 1. The van der Waals surface area contributed by atoms with Crippen molar-refractivity contribution in [1.29, 1.82) is 0 Å². The summed E-state index contributed by atoms with van der Waals surface area (Å²) in [5, 5.41) is 12.0. The van der Waals surface area contributed by atoms with Crippen molar-refractivity contribution in [1.82, 2.24) is 24.4 Å². The topological polar surface area (TPSA) is 115 Å². The van der Waals surface area contributed by atoms with Gasteiger partial charge in [0.1, 0.15) is 29.9 Å². The number of nitrogens with zero attached hydrogens (tertiary/aromatic N) is 6. The van der Waals surface area contributed by atoms with Crippen LogP contribution in [-0.2, 0) is 4.74 Å². The molecule has 0 unspecified atom stereocenters. The molecule has 0 bridgehead atoms. The van der Waals surface area contributed by atoms with Crippen LogP contribution < -0.4 is 14.4 Å². The molecule has 51 heavy (non-hydrogen) atoms. The molecule has 3 saturated heterocycles. The molecule has 0 radical (unpaired) electrons. The monoisotopic (exact) mass is 700 g/mol. The van der Waals surface area contributed by atoms with Gasteiger partial charge in [0.2, 0.25) is 5.78 Å². The summed E-state index contributed by atoms with van der Waals surface area (Å²) in [6.45, 7) is 4.13. The zero-order chi connectivity index (χ0) is 35.5. The molecule has 4 aliphatic rings. The summed E-state index contributed by atoms with van der Waals surface area (Å²) < 4.78 is 48.9. The number of hydrogen-bond acceptors (Lipinski definition) is 10. The molecular weight excluding hydrogens is 658 g/mol. The molecule has 1 aliphatic carbocycles. The third-order valence-corrected chi connectivity index (χ3v) is 11.1. The number of aliphatic hydroxyl groups is 1. The van der Waals surface area contributed by atoms with Crippen molar-refractivity contribution in [3.05, 3.63) is 47.0 Å². The molecule has 268 valence electrons. The number of hydrogen-bond donors (Lipinski definition) is 1. The predicted octanol–water partition coefficient (Wildman–Crippen LogP) is 5.35. The number of carbonyl (C=O) groups is 1. The Morgan fingerprint density at radius 1 is 1.12 bits per heavy atom. The number of ether oxygens (including phenoxy) is 3. The minimum absolute atomic E-state index is 0.0325. The highest BCUT2D eigenvalue weighted by atomic mass is 19.1. The maximum Gasteiger partial charge on any atom is 0.320 e. The van der Waals surface area contributed by atoms with Crippen molar-refractivity contribution in [3.63, 3.8) is 0 Å². The summed E-state index contributed by atoms with van der Waals surface area (Å²) in [5.74, 6) is 2.32. The van der Waals surface area contributed by atoms with Gasteiger partial charge < -0.3 is 28.8 Å². The second kappa shape index (κ2) is 13.0. The number of halogens is 2. The van der Waals surface area contributed by atoms with Crippen LogP contribution in [-0.4, -0.2) is 99.3 Å². The summed E-state index contributed by atoms with van der Waals surface area (Å²) in [4.78, 5) is 33.7. The Bertz CT molecular complexity index is 2060. The van der Waals surface area contributed by atoms with Crippen LogP contribution in [0.3, 0.4) is 0 Å². The van der Waals surface area contributed by atoms with E-state index in [9.17, 15) is 14.3 Å². The van der Waals surface area contributed by atoms with Crippen LogP contribution in [0, 0.1) is 18.2 Å². The maximum atomic E-state index is 15.2. The molecule has 11 nitrogen and oxygen atoms in total. The van der Waals surface area contributed by atoms with Crippen LogP contribution in [0.1, 0.15) is 86.1 Å². The Balaban J connectivity index is 1.29. The number of carbonyl (C=O) groups excluding carboxylic acids is 1. The zero-order valence-corrected chi connectivity index (χ0v) is 29.0. The van der Waals surface area contributed by atoms with E-state index < -0.39 is 28.9 Å². The largest absolute Gasteiger partial charge is 0.468 e. The van der Waals surface area contributed by atoms with Crippen LogP contribution in [0.15, 0.2) is 24.3 Å². The lowest BCUT2D eigenvalue weighted by Gasteiger charge is -2.38. The third kappa shape index (κ3) is 5.97. The Hall–Kier alpha value is -4.38. The highest BCUT2D eigenvalue weighted by molar-refractivity contribution is 6.17. The van der Waals surface area contributed by atoms with Gasteiger partial charge in [0.25, 0.3) is 0 Å². The molecule has 8 rings (SSSR count). The Morgan fingerprint density at radius 3 is 2.69 bits per heavy atom. The number of ketones is 1. The summed E-state index contributed by atoms with van der Waals surface area (Å²) in [5.41, 5.74) is -0.438. The van der Waals surface area contributed by atoms with Crippen molar-refractivity contribution < 1.29 is 32.9 Å². The number of aromatic nitrogens is 4. The van der Waals surface area contributed by atoms with Gasteiger partial charge in [0, 0.05) is 50.2 Å². The molecule has 3 aliphatic heterocycles. The molecule has 2 aromatic carbocycles. The van der Waals surface area contributed by atoms with E-state index >= 15 is 4.39 Å². The van der Waals surface area contributed by atoms with E-state index in [0.29, 0.717) is 54.9 Å². The lowest BCUT2D eigenvalue weighted by atomic mass is 9.91. The average Bonchev–Trinajstić information content (AvgIpc) is 3.74. The molecule has 3 atom stereocenters. The van der Waals surface area contributed by atoms with Gasteiger partial charge in [-0.25, -0.2) is 13.8 Å². The number of imidazole rings is 1. The van der Waals surface area contributed by atoms with Gasteiger partial charge in [-0.2, -0.15) is 9.97 Å². The number of alkyl halides is 1. The van der Waals surface area contributed by atoms with Crippen LogP contribution in [0.2, 0.25) is 0 Å². The molecule has 0 spiro atoms. The smallest absolute Gasteiger partial charge is 0.320 e. The van der Waals surface area contributed by atoms with Gasteiger partial charge in [-0.1, -0.05) is 12.0 Å². The number of fused-ring (bicyclic) bond motifs is 3. The molecule has 0 amide bonds. The second-order valence-corrected chi connectivity index (χ2v) is 14.8. The highest BCUT2D eigenvalue weighted by Gasteiger charge is 2.49. The van der Waals surface area contributed by atoms with Gasteiger partial charge in [0.05, 0.1) is 16.7 Å². The van der Waals surface area contributed by atoms with Crippen LogP contribution in [0.4, 0.5) is 14.6 Å². The van der Waals surface area contributed by atoms with Crippen molar-refractivity contribution in [2.45, 2.75) is 81.6 Å². The highest BCUT2D eigenvalue weighted by Crippen LogP contribution is 2.43. The minimum Gasteiger partial charge on any atom is -0.468 e. The molecule has 13 heteroatoms. The van der Waals surface area contributed by atoms with E-state index in [-0.39, 0.29) is 53.4 Å². The molecule has 5 heterocycles. The quantitative estimate of drug-likeness (QED) is 0.132. The second-order valence-electron chi connectivity index (χ2n) is 14.8. The summed E-state index contributed by atoms with van der Waals surface area (Å²) >= 11 is 0. The van der Waals surface area contributed by atoms with E-state index in [1.807, 2.05) is 9.47 Å². The first kappa shape index (κ1) is 33.7. The molecule has 1 saturated carbocycles. The van der Waals surface area contributed by atoms with Crippen LogP contribution >= 0.6 is 0 Å². The van der Waals surface area contributed by atoms with E-state index in [4.69, 9.17) is 35.6 Å². The lowest BCUT2D eigenvalue weighted by molar-refractivity contribution is 0.0446. The van der Waals surface area contributed by atoms with Crippen LogP contribution in [0.5, 0.6) is 11.8 Å². The van der Waals surface area contributed by atoms with Crippen LogP contribution in [0.25, 0.3) is 21.9 Å². The summed E-state index contributed by atoms with van der Waals surface area (Å²) in [6, 6.07) is 6.09. The normalized spacial score (nSPS) is 25.3. The van der Waals surface area contributed by atoms with E-state index in [0.717, 1.165) is 45.1 Å². The molecular formula is C38H42F2N6O5. The Morgan fingerprint density at radius 2 is 1.94 bits per heavy atom. The van der Waals surface area contributed by atoms with Crippen molar-refractivity contribution in [2.75, 3.05) is 51.6 Å². The number of methoxy groups -OCH3 is 1. The summed E-state index contributed by atoms with van der Waals surface area (Å²) in [6.07, 6.45) is 11.1. The first-order valence-electron chi connectivity index (χ1n) is 17.8. The Labute approximate surface area is 294 Å². The molecule has 4 aromatic rings. The van der Waals surface area contributed by atoms with Gasteiger partial charge in [0.15, 0.2) is 24.1 Å². The number of benzene rings is 2. The average molecular weight is 701 g/mol. The number of β-amino-alcohol motifs (C(OH)–C–C–N with tert-alkyl or cyclic N) is 1. The van der Waals surface area contributed by atoms with Gasteiger partial charge in [-0.3, -0.25) is 9.69 Å². The van der Waals surface area contributed by atoms with Crippen molar-refractivity contribution in [3.8, 4) is 24.1 Å². The van der Waals surface area contributed by atoms with Crippen molar-refractivity contribution >= 4 is 33.5 Å². The molecule has 4 fully saturated rings. The number of rotatable bonds is 10. The van der Waals surface area contributed by atoms with E-state index in [2.05, 4.69) is 10.8 Å². The lowest BCUT2D eigenvalue weighted by Crippen LogP contribution is -2.46. The standard InChI is InChI=1S/C38H42F2N6O5/c1-4-27-29(40)11-10-23-16-26(51-22-49-3)17-28(30(23)27)32(47)35-41-33-31(46(35)25-8-5-9-25)34(44-14-6-12-37(2,48)20-44)43-36(42-33)50-21-38-13-7-15-45(38)19-24(39)18-38/h1,10-11,16-17,24-25,48H,5-9,12-15,18-22H2,2-3H3/t24-,37-,38+/m1/s1. The molecule has 2 aromatic heterocycles. The third-order valence-electron chi connectivity index (χ3n) is 11.1. The fourth-order valence-electron chi connectivity index (χ4n) is 8.52. The predicted molar refractivity (Wildman–Crippen MR) is 187 cm³/mol. The molecule has 1 N–H and O–H groups in total. The van der Waals surface area contributed by atoms with E-state index in [1.165, 1.54) is 13.2 Å². The Kier molecular flexibility index (Phi) is 8.60. The zero-order valence-electron chi connectivity index (χ0n) is 29.0. The minimum atomic E-state index is -0.961. The first-order chi connectivity index (χ1) is 24.6. The fraction of sp³-hybridized carbons (Fsp3) is 0.526. The maximum absolute atomic E-state index is 15.2. The fourth-order valence-corrected chi connectivity index (χ4v) is 8.52. The number of anilines is 1.